The number of nitrogens with one attached hydrogen (secondary N) is 1. The van der Waals surface area contributed by atoms with Crippen molar-refractivity contribution in [1.29, 1.82) is 0 Å². The maximum atomic E-state index is 13.8. The SMILES string of the molecule is CC(C)C1(CNC(=O)c2ccc(S(=O)(=O)Cl)cc2F)CC1. The minimum absolute atomic E-state index is 0.117. The van der Waals surface area contributed by atoms with Gasteiger partial charge in [0.15, 0.2) is 0 Å². The normalized spacial score (nSPS) is 16.8. The van der Waals surface area contributed by atoms with Crippen LogP contribution in [0.3, 0.4) is 0 Å². The molecule has 1 aromatic carbocycles. The molecule has 0 saturated heterocycles. The van der Waals surface area contributed by atoms with Gasteiger partial charge in [0.2, 0.25) is 0 Å². The Morgan fingerprint density at radius 2 is 2.05 bits per heavy atom. The molecule has 1 aromatic rings. The fourth-order valence-electron chi connectivity index (χ4n) is 2.30. The van der Waals surface area contributed by atoms with Gasteiger partial charge in [0, 0.05) is 17.2 Å². The molecule has 0 radical (unpaired) electrons. The van der Waals surface area contributed by atoms with E-state index in [1.807, 2.05) is 0 Å². The van der Waals surface area contributed by atoms with Crippen molar-refractivity contribution in [3.63, 3.8) is 0 Å². The third-order valence-electron chi connectivity index (χ3n) is 4.18. The van der Waals surface area contributed by atoms with Crippen molar-refractivity contribution in [2.24, 2.45) is 11.3 Å². The molecule has 1 amide bonds. The molecule has 1 aliphatic rings. The minimum Gasteiger partial charge on any atom is -0.351 e. The van der Waals surface area contributed by atoms with E-state index in [1.54, 1.807) is 0 Å². The van der Waals surface area contributed by atoms with Crippen LogP contribution in [0.15, 0.2) is 23.1 Å². The highest BCUT2D eigenvalue weighted by molar-refractivity contribution is 8.13. The fourth-order valence-corrected chi connectivity index (χ4v) is 3.06. The van der Waals surface area contributed by atoms with E-state index < -0.39 is 20.8 Å². The van der Waals surface area contributed by atoms with E-state index in [4.69, 9.17) is 10.7 Å². The van der Waals surface area contributed by atoms with Crippen molar-refractivity contribution in [3.05, 3.63) is 29.6 Å². The lowest BCUT2D eigenvalue weighted by atomic mass is 9.92. The van der Waals surface area contributed by atoms with Gasteiger partial charge in [-0.25, -0.2) is 12.8 Å². The highest BCUT2D eigenvalue weighted by atomic mass is 35.7. The summed E-state index contributed by atoms with van der Waals surface area (Å²) in [5, 5.41) is 2.72. The molecule has 0 aliphatic heterocycles. The van der Waals surface area contributed by atoms with Crippen LogP contribution in [0.2, 0.25) is 0 Å². The molecule has 0 atom stereocenters. The van der Waals surface area contributed by atoms with Gasteiger partial charge >= 0.3 is 0 Å². The Hall–Kier alpha value is -1.14. The standard InChI is InChI=1S/C14H17ClFNO3S/c1-9(2)14(5-6-14)8-17-13(18)11-4-3-10(7-12(11)16)21(15,19)20/h3-4,7,9H,5-6,8H2,1-2H3,(H,17,18). The van der Waals surface area contributed by atoms with Crippen LogP contribution in [0.4, 0.5) is 4.39 Å². The summed E-state index contributed by atoms with van der Waals surface area (Å²) in [5.41, 5.74) is -0.0652. The van der Waals surface area contributed by atoms with Gasteiger partial charge in [-0.15, -0.1) is 0 Å². The van der Waals surface area contributed by atoms with Crippen LogP contribution in [-0.4, -0.2) is 20.9 Å². The second kappa shape index (κ2) is 5.57. The smallest absolute Gasteiger partial charge is 0.261 e. The van der Waals surface area contributed by atoms with Crippen molar-refractivity contribution in [1.82, 2.24) is 5.32 Å². The monoisotopic (exact) mass is 333 g/mol. The van der Waals surface area contributed by atoms with Crippen molar-refractivity contribution < 1.29 is 17.6 Å². The number of carbonyl (C=O) groups excluding carboxylic acids is 1. The van der Waals surface area contributed by atoms with E-state index in [2.05, 4.69) is 19.2 Å². The lowest BCUT2D eigenvalue weighted by Gasteiger charge is -2.20. The van der Waals surface area contributed by atoms with Crippen LogP contribution < -0.4 is 5.32 Å². The van der Waals surface area contributed by atoms with Gasteiger partial charge in [0.1, 0.15) is 5.82 Å². The summed E-state index contributed by atoms with van der Waals surface area (Å²) in [5.74, 6) is -0.993. The summed E-state index contributed by atoms with van der Waals surface area (Å²) in [6.07, 6.45) is 2.10. The quantitative estimate of drug-likeness (QED) is 0.843. The number of hydrogen-bond donors (Lipinski definition) is 1. The predicted octanol–water partition coefficient (Wildman–Crippen LogP) is 2.92. The first-order chi connectivity index (χ1) is 9.66. The van der Waals surface area contributed by atoms with Crippen LogP contribution in [0.1, 0.15) is 37.0 Å². The lowest BCUT2D eigenvalue weighted by Crippen LogP contribution is -2.33. The Bertz CT molecular complexity index is 669. The molecule has 21 heavy (non-hydrogen) atoms. The summed E-state index contributed by atoms with van der Waals surface area (Å²) < 4.78 is 36.1. The first-order valence-corrected chi connectivity index (χ1v) is 8.99. The number of benzene rings is 1. The van der Waals surface area contributed by atoms with Gasteiger partial charge in [-0.2, -0.15) is 0 Å². The zero-order chi connectivity index (χ0) is 15.8. The molecule has 116 valence electrons. The average molecular weight is 334 g/mol. The van der Waals surface area contributed by atoms with Crippen LogP contribution in [0.5, 0.6) is 0 Å². The summed E-state index contributed by atoms with van der Waals surface area (Å²) in [7, 11) is 1.13. The second-order valence-electron chi connectivity index (χ2n) is 5.78. The Balaban J connectivity index is 2.10. The minimum atomic E-state index is -4.00. The van der Waals surface area contributed by atoms with Crippen molar-refractivity contribution in [3.8, 4) is 0 Å². The van der Waals surface area contributed by atoms with E-state index in [0.717, 1.165) is 31.0 Å². The molecular weight excluding hydrogens is 317 g/mol. The van der Waals surface area contributed by atoms with E-state index >= 15 is 0 Å². The Kier molecular flexibility index (Phi) is 4.31. The molecule has 1 fully saturated rings. The largest absolute Gasteiger partial charge is 0.351 e. The number of amides is 1. The summed E-state index contributed by atoms with van der Waals surface area (Å²) in [6, 6.07) is 3.01. The zero-order valence-electron chi connectivity index (χ0n) is 11.8. The molecule has 1 aliphatic carbocycles. The Labute approximate surface area is 128 Å². The number of carbonyl (C=O) groups is 1. The Morgan fingerprint density at radius 3 is 2.48 bits per heavy atom. The van der Waals surface area contributed by atoms with Gasteiger partial charge in [-0.3, -0.25) is 4.79 Å². The first kappa shape index (κ1) is 16.2. The fraction of sp³-hybridized carbons (Fsp3) is 0.500. The molecule has 0 bridgehead atoms. The van der Waals surface area contributed by atoms with Crippen LogP contribution in [-0.2, 0) is 9.05 Å². The maximum Gasteiger partial charge on any atom is 0.261 e. The molecule has 1 saturated carbocycles. The second-order valence-corrected chi connectivity index (χ2v) is 8.35. The number of halogens is 2. The van der Waals surface area contributed by atoms with Gasteiger partial charge in [0.25, 0.3) is 15.0 Å². The predicted molar refractivity (Wildman–Crippen MR) is 78.3 cm³/mol. The third-order valence-corrected chi connectivity index (χ3v) is 5.54. The molecule has 2 rings (SSSR count). The third kappa shape index (κ3) is 3.55. The van der Waals surface area contributed by atoms with Crippen molar-refractivity contribution in [2.75, 3.05) is 6.54 Å². The zero-order valence-corrected chi connectivity index (χ0v) is 13.4. The first-order valence-electron chi connectivity index (χ1n) is 6.68. The topological polar surface area (TPSA) is 63.2 Å². The molecule has 1 N–H and O–H groups in total. The van der Waals surface area contributed by atoms with Crippen LogP contribution >= 0.6 is 10.7 Å². The van der Waals surface area contributed by atoms with E-state index in [0.29, 0.717) is 12.5 Å². The summed E-state index contributed by atoms with van der Waals surface area (Å²) in [6.45, 7) is 4.69. The summed E-state index contributed by atoms with van der Waals surface area (Å²) >= 11 is 0. The van der Waals surface area contributed by atoms with E-state index in [1.165, 1.54) is 0 Å². The summed E-state index contributed by atoms with van der Waals surface area (Å²) in [4.78, 5) is 11.6. The number of hydrogen-bond acceptors (Lipinski definition) is 3. The van der Waals surface area contributed by atoms with Gasteiger partial charge in [0.05, 0.1) is 10.5 Å². The molecule has 4 nitrogen and oxygen atoms in total. The van der Waals surface area contributed by atoms with Crippen molar-refractivity contribution in [2.45, 2.75) is 31.6 Å². The molecule has 0 heterocycles. The average Bonchev–Trinajstić information content (AvgIpc) is 3.16. The molecular formula is C14H17ClFNO3S. The molecule has 7 heteroatoms. The maximum absolute atomic E-state index is 13.8. The van der Waals surface area contributed by atoms with Gasteiger partial charge in [-0.05, 0) is 42.4 Å². The molecule has 0 aromatic heterocycles. The van der Waals surface area contributed by atoms with E-state index in [9.17, 15) is 17.6 Å². The Morgan fingerprint density at radius 1 is 1.43 bits per heavy atom. The molecule has 0 unspecified atom stereocenters. The molecule has 0 spiro atoms. The van der Waals surface area contributed by atoms with Crippen LogP contribution in [0, 0.1) is 17.2 Å². The van der Waals surface area contributed by atoms with E-state index in [-0.39, 0.29) is 15.9 Å². The number of rotatable bonds is 5. The van der Waals surface area contributed by atoms with Crippen molar-refractivity contribution >= 4 is 25.6 Å². The van der Waals surface area contributed by atoms with Crippen LogP contribution in [0.25, 0.3) is 0 Å². The highest BCUT2D eigenvalue weighted by Crippen LogP contribution is 2.51. The lowest BCUT2D eigenvalue weighted by molar-refractivity contribution is 0.0935. The highest BCUT2D eigenvalue weighted by Gasteiger charge is 2.45. The van der Waals surface area contributed by atoms with Gasteiger partial charge < -0.3 is 5.32 Å². The van der Waals surface area contributed by atoms with Gasteiger partial charge in [-0.1, -0.05) is 13.8 Å².